The number of fused-ring (bicyclic) bond motifs is 1. The van der Waals surface area contributed by atoms with Crippen molar-refractivity contribution < 1.29 is 4.39 Å². The smallest absolute Gasteiger partial charge is 0.138 e. The molecule has 18 heavy (non-hydrogen) atoms. The summed E-state index contributed by atoms with van der Waals surface area (Å²) in [5.74, 6) is 0.297. The summed E-state index contributed by atoms with van der Waals surface area (Å²) in [7, 11) is 0. The summed E-state index contributed by atoms with van der Waals surface area (Å²) in [5, 5.41) is 8.82. The first-order valence-electron chi connectivity index (χ1n) is 5.42. The van der Waals surface area contributed by atoms with Gasteiger partial charge in [-0.1, -0.05) is 12.1 Å². The van der Waals surface area contributed by atoms with E-state index in [0.29, 0.717) is 17.0 Å². The predicted molar refractivity (Wildman–Crippen MR) is 66.2 cm³/mol. The maximum atomic E-state index is 13.1. The lowest BCUT2D eigenvalue weighted by Crippen LogP contribution is -1.81. The van der Waals surface area contributed by atoms with E-state index in [1.54, 1.807) is 30.3 Å². The molecule has 0 aliphatic rings. The fraction of sp³-hybridized carbons (Fsp3) is 0. The van der Waals surface area contributed by atoms with Crippen LogP contribution in [0.25, 0.3) is 22.4 Å². The van der Waals surface area contributed by atoms with Gasteiger partial charge in [0.2, 0.25) is 0 Å². The fourth-order valence-corrected chi connectivity index (χ4v) is 1.85. The van der Waals surface area contributed by atoms with Gasteiger partial charge in [0.15, 0.2) is 0 Å². The first-order chi connectivity index (χ1) is 8.76. The second-order valence-corrected chi connectivity index (χ2v) is 3.94. The number of H-pyrrole nitrogens is 1. The number of hydrogen-bond donors (Lipinski definition) is 1. The average molecular weight is 237 g/mol. The van der Waals surface area contributed by atoms with Gasteiger partial charge in [0, 0.05) is 5.56 Å². The zero-order valence-electron chi connectivity index (χ0n) is 9.31. The molecular weight excluding hydrogens is 229 g/mol. The van der Waals surface area contributed by atoms with Crippen LogP contribution in [0.5, 0.6) is 0 Å². The third-order valence-corrected chi connectivity index (χ3v) is 2.71. The van der Waals surface area contributed by atoms with Crippen LogP contribution in [0.15, 0.2) is 42.5 Å². The van der Waals surface area contributed by atoms with Crippen molar-refractivity contribution in [1.82, 2.24) is 9.97 Å². The highest BCUT2D eigenvalue weighted by atomic mass is 19.1. The van der Waals surface area contributed by atoms with Crippen molar-refractivity contribution in [3.8, 4) is 17.5 Å². The number of nitriles is 1. The van der Waals surface area contributed by atoms with Gasteiger partial charge in [-0.05, 0) is 30.3 Å². The molecule has 0 fully saturated rings. The summed E-state index contributed by atoms with van der Waals surface area (Å²) in [5.41, 5.74) is 2.78. The number of rotatable bonds is 1. The van der Waals surface area contributed by atoms with Crippen LogP contribution in [-0.4, -0.2) is 9.97 Å². The average Bonchev–Trinajstić information content (AvgIpc) is 2.81. The molecule has 4 heteroatoms. The maximum Gasteiger partial charge on any atom is 0.138 e. The molecule has 3 aromatic rings. The van der Waals surface area contributed by atoms with Crippen molar-refractivity contribution in [1.29, 1.82) is 5.26 Å². The Hall–Kier alpha value is -2.67. The summed E-state index contributed by atoms with van der Waals surface area (Å²) in [4.78, 5) is 7.45. The zero-order valence-corrected chi connectivity index (χ0v) is 9.31. The number of benzene rings is 2. The Balaban J connectivity index is 2.17. The van der Waals surface area contributed by atoms with Crippen LogP contribution in [0.3, 0.4) is 0 Å². The second-order valence-electron chi connectivity index (χ2n) is 3.94. The minimum absolute atomic E-state index is 0.300. The van der Waals surface area contributed by atoms with Crippen LogP contribution in [0.1, 0.15) is 5.56 Å². The highest BCUT2D eigenvalue weighted by Gasteiger charge is 2.06. The van der Waals surface area contributed by atoms with Gasteiger partial charge >= 0.3 is 0 Å². The van der Waals surface area contributed by atoms with Gasteiger partial charge in [0.25, 0.3) is 0 Å². The summed E-state index contributed by atoms with van der Waals surface area (Å²) in [6.45, 7) is 0. The highest BCUT2D eigenvalue weighted by molar-refractivity contribution is 5.80. The topological polar surface area (TPSA) is 52.5 Å². The van der Waals surface area contributed by atoms with Gasteiger partial charge in [-0.25, -0.2) is 9.37 Å². The van der Waals surface area contributed by atoms with E-state index >= 15 is 0 Å². The Morgan fingerprint density at radius 1 is 1.17 bits per heavy atom. The molecule has 0 aliphatic heterocycles. The van der Waals surface area contributed by atoms with Gasteiger partial charge in [-0.15, -0.1) is 0 Å². The monoisotopic (exact) mass is 237 g/mol. The maximum absolute atomic E-state index is 13.1. The molecule has 2 aromatic carbocycles. The van der Waals surface area contributed by atoms with E-state index in [9.17, 15) is 4.39 Å². The van der Waals surface area contributed by atoms with Gasteiger partial charge in [0.1, 0.15) is 11.6 Å². The molecule has 0 unspecified atom stereocenters. The lowest BCUT2D eigenvalue weighted by Gasteiger charge is -1.95. The highest BCUT2D eigenvalue weighted by Crippen LogP contribution is 2.21. The predicted octanol–water partition coefficient (Wildman–Crippen LogP) is 3.24. The van der Waals surface area contributed by atoms with Crippen molar-refractivity contribution in [2.24, 2.45) is 0 Å². The Labute approximate surface area is 103 Å². The van der Waals surface area contributed by atoms with Crippen LogP contribution in [0.2, 0.25) is 0 Å². The quantitative estimate of drug-likeness (QED) is 0.706. The minimum atomic E-state index is -0.300. The first kappa shape index (κ1) is 10.5. The zero-order chi connectivity index (χ0) is 12.5. The third kappa shape index (κ3) is 1.72. The molecule has 0 aliphatic carbocycles. The van der Waals surface area contributed by atoms with Crippen LogP contribution in [-0.2, 0) is 0 Å². The second kappa shape index (κ2) is 3.97. The van der Waals surface area contributed by atoms with Crippen molar-refractivity contribution in [2.45, 2.75) is 0 Å². The molecule has 1 heterocycles. The molecule has 1 aromatic heterocycles. The van der Waals surface area contributed by atoms with Gasteiger partial charge in [-0.2, -0.15) is 5.26 Å². The molecule has 1 N–H and O–H groups in total. The summed E-state index contributed by atoms with van der Waals surface area (Å²) >= 11 is 0. The molecule has 0 radical (unpaired) electrons. The van der Waals surface area contributed by atoms with Crippen LogP contribution < -0.4 is 0 Å². The molecule has 0 atom stereocenters. The van der Waals surface area contributed by atoms with Gasteiger partial charge in [0.05, 0.1) is 22.7 Å². The number of imidazole rings is 1. The van der Waals surface area contributed by atoms with Gasteiger partial charge in [-0.3, -0.25) is 0 Å². The van der Waals surface area contributed by atoms with E-state index in [2.05, 4.69) is 16.0 Å². The van der Waals surface area contributed by atoms with Crippen molar-refractivity contribution in [3.05, 3.63) is 53.8 Å². The Morgan fingerprint density at radius 3 is 2.83 bits per heavy atom. The van der Waals surface area contributed by atoms with Crippen molar-refractivity contribution in [2.75, 3.05) is 0 Å². The molecule has 86 valence electrons. The minimum Gasteiger partial charge on any atom is -0.338 e. The van der Waals surface area contributed by atoms with E-state index in [4.69, 9.17) is 5.26 Å². The molecule has 0 saturated heterocycles. The van der Waals surface area contributed by atoms with E-state index < -0.39 is 0 Å². The van der Waals surface area contributed by atoms with E-state index in [-0.39, 0.29) is 5.82 Å². The number of aromatic nitrogens is 2. The number of nitrogens with zero attached hydrogens (tertiary/aromatic N) is 2. The van der Waals surface area contributed by atoms with E-state index in [1.165, 1.54) is 12.1 Å². The van der Waals surface area contributed by atoms with Crippen LogP contribution in [0.4, 0.5) is 4.39 Å². The number of nitrogens with one attached hydrogen (secondary N) is 1. The standard InChI is InChI=1S/C14H8FN3/c15-11-3-1-2-10(7-11)14-17-12-5-4-9(8-16)6-13(12)18-14/h1-7H,(H,17,18). The fourth-order valence-electron chi connectivity index (χ4n) is 1.85. The molecule has 0 bridgehead atoms. The number of hydrogen-bond acceptors (Lipinski definition) is 2. The Bertz CT molecular complexity index is 768. The largest absolute Gasteiger partial charge is 0.338 e. The lowest BCUT2D eigenvalue weighted by molar-refractivity contribution is 0.628. The SMILES string of the molecule is N#Cc1ccc2nc(-c3cccc(F)c3)[nH]c2c1. The normalized spacial score (nSPS) is 10.4. The molecule has 3 nitrogen and oxygen atoms in total. The van der Waals surface area contributed by atoms with Gasteiger partial charge < -0.3 is 4.98 Å². The summed E-state index contributed by atoms with van der Waals surface area (Å²) in [6.07, 6.45) is 0. The van der Waals surface area contributed by atoms with E-state index in [1.807, 2.05) is 0 Å². The Morgan fingerprint density at radius 2 is 2.06 bits per heavy atom. The number of halogens is 1. The van der Waals surface area contributed by atoms with Crippen molar-refractivity contribution >= 4 is 11.0 Å². The molecule has 0 spiro atoms. The third-order valence-electron chi connectivity index (χ3n) is 2.71. The van der Waals surface area contributed by atoms with Crippen LogP contribution >= 0.6 is 0 Å². The summed E-state index contributed by atoms with van der Waals surface area (Å²) < 4.78 is 13.1. The van der Waals surface area contributed by atoms with Crippen molar-refractivity contribution in [3.63, 3.8) is 0 Å². The molecular formula is C14H8FN3. The van der Waals surface area contributed by atoms with E-state index in [0.717, 1.165) is 11.0 Å². The number of aromatic amines is 1. The summed E-state index contributed by atoms with van der Waals surface area (Å²) in [6, 6.07) is 13.5. The first-order valence-corrected chi connectivity index (χ1v) is 5.42. The molecule has 0 saturated carbocycles. The lowest BCUT2D eigenvalue weighted by atomic mass is 10.2. The molecule has 3 rings (SSSR count). The molecule has 0 amide bonds. The van der Waals surface area contributed by atoms with Crippen LogP contribution in [0, 0.1) is 17.1 Å². The Kier molecular flexibility index (Phi) is 2.31.